The molecule has 7 nitrogen and oxygen atoms in total. The number of para-hydroxylation sites is 1. The summed E-state index contributed by atoms with van der Waals surface area (Å²) >= 11 is 5.22. The van der Waals surface area contributed by atoms with E-state index in [0.29, 0.717) is 21.9 Å². The van der Waals surface area contributed by atoms with Gasteiger partial charge >= 0.3 is 0 Å². The Morgan fingerprint density at radius 1 is 1.15 bits per heavy atom. The number of nitrogens with zero attached hydrogens (tertiary/aromatic N) is 1. The van der Waals surface area contributed by atoms with E-state index in [-0.39, 0.29) is 11.6 Å². The molecule has 0 radical (unpaired) electrons. The van der Waals surface area contributed by atoms with Gasteiger partial charge in [-0.05, 0) is 55.4 Å². The zero-order valence-corrected chi connectivity index (χ0v) is 15.6. The fourth-order valence-electron chi connectivity index (χ4n) is 2.94. The third-order valence-electron chi connectivity index (χ3n) is 4.34. The molecule has 0 fully saturated rings. The lowest BCUT2D eigenvalue weighted by Gasteiger charge is -2.30. The van der Waals surface area contributed by atoms with Gasteiger partial charge in [0.25, 0.3) is 11.6 Å². The molecule has 2 aromatic rings. The van der Waals surface area contributed by atoms with Crippen molar-refractivity contribution in [3.05, 3.63) is 81.0 Å². The van der Waals surface area contributed by atoms with Crippen molar-refractivity contribution >= 4 is 34.6 Å². The van der Waals surface area contributed by atoms with E-state index in [1.807, 2.05) is 31.2 Å². The number of carbonyl (C=O) groups is 1. The summed E-state index contributed by atoms with van der Waals surface area (Å²) in [5.74, 6) is -0.271. The van der Waals surface area contributed by atoms with Crippen LogP contribution in [0.3, 0.4) is 0 Å². The van der Waals surface area contributed by atoms with Crippen LogP contribution in [0.5, 0.6) is 0 Å². The number of rotatable bonds is 4. The number of non-ortho nitro benzene ring substituents is 1. The highest BCUT2D eigenvalue weighted by Crippen LogP contribution is 2.29. The van der Waals surface area contributed by atoms with Crippen molar-refractivity contribution in [1.29, 1.82) is 0 Å². The highest BCUT2D eigenvalue weighted by molar-refractivity contribution is 7.80. The van der Waals surface area contributed by atoms with Gasteiger partial charge in [0.05, 0.1) is 16.5 Å². The standard InChI is InChI=1S/C19H18N4O3S/c1-11-5-3-4-6-15(11)21-18(24)16-12(2)20-19(27)22-17(16)13-7-9-14(10-8-13)23(25)26/h3-10,17H,1-2H3,(H,21,24)(H2,20,22,27)/t17-/m0/s1. The molecule has 1 heterocycles. The summed E-state index contributed by atoms with van der Waals surface area (Å²) in [6, 6.07) is 13.1. The number of thiocarbonyl (C=S) groups is 1. The Balaban J connectivity index is 1.95. The molecule has 27 heavy (non-hydrogen) atoms. The molecule has 1 aliphatic rings. The molecule has 0 bridgehead atoms. The fourth-order valence-corrected chi connectivity index (χ4v) is 3.21. The number of anilines is 1. The number of nitro benzene ring substituents is 1. The molecule has 3 N–H and O–H groups in total. The van der Waals surface area contributed by atoms with E-state index in [0.717, 1.165) is 11.3 Å². The van der Waals surface area contributed by atoms with Crippen molar-refractivity contribution in [1.82, 2.24) is 10.6 Å². The number of hydrogen-bond donors (Lipinski definition) is 3. The predicted molar refractivity (Wildman–Crippen MR) is 107 cm³/mol. The maximum Gasteiger partial charge on any atom is 0.269 e. The van der Waals surface area contributed by atoms with Crippen LogP contribution in [0.15, 0.2) is 59.8 Å². The second-order valence-electron chi connectivity index (χ2n) is 6.19. The molecular weight excluding hydrogens is 364 g/mol. The molecule has 0 saturated carbocycles. The highest BCUT2D eigenvalue weighted by atomic mass is 32.1. The average molecular weight is 382 g/mol. The number of aryl methyl sites for hydroxylation is 1. The first kappa shape index (κ1) is 18.5. The van der Waals surface area contributed by atoms with Gasteiger partial charge < -0.3 is 16.0 Å². The molecule has 8 heteroatoms. The third-order valence-corrected chi connectivity index (χ3v) is 4.56. The van der Waals surface area contributed by atoms with Crippen LogP contribution in [0.2, 0.25) is 0 Å². The van der Waals surface area contributed by atoms with Gasteiger partial charge in [-0.1, -0.05) is 18.2 Å². The summed E-state index contributed by atoms with van der Waals surface area (Å²) < 4.78 is 0. The summed E-state index contributed by atoms with van der Waals surface area (Å²) in [5.41, 5.74) is 3.47. The summed E-state index contributed by atoms with van der Waals surface area (Å²) in [7, 11) is 0. The normalized spacial score (nSPS) is 16.4. The second kappa shape index (κ2) is 7.55. The van der Waals surface area contributed by atoms with Crippen LogP contribution in [-0.2, 0) is 4.79 Å². The van der Waals surface area contributed by atoms with Crippen molar-refractivity contribution < 1.29 is 9.72 Å². The van der Waals surface area contributed by atoms with Gasteiger partial charge in [0.15, 0.2) is 5.11 Å². The van der Waals surface area contributed by atoms with Crippen molar-refractivity contribution in [2.45, 2.75) is 19.9 Å². The first-order valence-corrected chi connectivity index (χ1v) is 8.67. The average Bonchev–Trinajstić information content (AvgIpc) is 2.63. The topological polar surface area (TPSA) is 96.3 Å². The van der Waals surface area contributed by atoms with Gasteiger partial charge in [-0.25, -0.2) is 0 Å². The van der Waals surface area contributed by atoms with Gasteiger partial charge in [-0.2, -0.15) is 0 Å². The number of hydrogen-bond acceptors (Lipinski definition) is 4. The number of nitrogens with one attached hydrogen (secondary N) is 3. The maximum absolute atomic E-state index is 13.0. The molecule has 0 saturated heterocycles. The van der Waals surface area contributed by atoms with Crippen molar-refractivity contribution in [2.24, 2.45) is 0 Å². The molecular formula is C19H18N4O3S. The smallest absolute Gasteiger partial charge is 0.269 e. The Morgan fingerprint density at radius 2 is 1.81 bits per heavy atom. The van der Waals surface area contributed by atoms with Crippen LogP contribution in [0.4, 0.5) is 11.4 Å². The Hall–Kier alpha value is -3.26. The Kier molecular flexibility index (Phi) is 5.18. The van der Waals surface area contributed by atoms with Gasteiger partial charge in [0, 0.05) is 23.5 Å². The second-order valence-corrected chi connectivity index (χ2v) is 6.60. The minimum atomic E-state index is -0.511. The number of amides is 1. The van der Waals surface area contributed by atoms with Gasteiger partial charge in [0.2, 0.25) is 0 Å². The van der Waals surface area contributed by atoms with E-state index in [2.05, 4.69) is 16.0 Å². The number of allylic oxidation sites excluding steroid dienone is 1. The molecule has 0 unspecified atom stereocenters. The van der Waals surface area contributed by atoms with Gasteiger partial charge in [-0.15, -0.1) is 0 Å². The number of nitro groups is 1. The van der Waals surface area contributed by atoms with Crippen molar-refractivity contribution in [2.75, 3.05) is 5.32 Å². The lowest BCUT2D eigenvalue weighted by atomic mass is 9.94. The predicted octanol–water partition coefficient (Wildman–Crippen LogP) is 3.33. The Bertz CT molecular complexity index is 954. The van der Waals surface area contributed by atoms with E-state index in [9.17, 15) is 14.9 Å². The lowest BCUT2D eigenvalue weighted by molar-refractivity contribution is -0.384. The minimum absolute atomic E-state index is 0.0122. The molecule has 0 spiro atoms. The largest absolute Gasteiger partial charge is 0.351 e. The monoisotopic (exact) mass is 382 g/mol. The number of carbonyl (C=O) groups excluding carboxylic acids is 1. The zero-order chi connectivity index (χ0) is 19.6. The van der Waals surface area contributed by atoms with Gasteiger partial charge in [-0.3, -0.25) is 14.9 Å². The van der Waals surface area contributed by atoms with Crippen LogP contribution in [-0.4, -0.2) is 15.9 Å². The maximum atomic E-state index is 13.0. The third kappa shape index (κ3) is 3.95. The quantitative estimate of drug-likeness (QED) is 0.426. The van der Waals surface area contributed by atoms with E-state index in [1.165, 1.54) is 12.1 Å². The van der Waals surface area contributed by atoms with Crippen LogP contribution >= 0.6 is 12.2 Å². The SMILES string of the molecule is CC1=C(C(=O)Nc2ccccc2C)[C@H](c2ccc([N+](=O)[O-])cc2)NC(=S)N1. The van der Waals surface area contributed by atoms with Crippen LogP contribution < -0.4 is 16.0 Å². The highest BCUT2D eigenvalue weighted by Gasteiger charge is 2.30. The van der Waals surface area contributed by atoms with Crippen LogP contribution in [0.25, 0.3) is 0 Å². The Morgan fingerprint density at radius 3 is 2.44 bits per heavy atom. The molecule has 2 aromatic carbocycles. The molecule has 1 aliphatic heterocycles. The summed E-state index contributed by atoms with van der Waals surface area (Å²) in [6.45, 7) is 3.69. The summed E-state index contributed by atoms with van der Waals surface area (Å²) in [6.07, 6.45) is 0. The lowest BCUT2D eigenvalue weighted by Crippen LogP contribution is -2.45. The van der Waals surface area contributed by atoms with Gasteiger partial charge in [0.1, 0.15) is 0 Å². The van der Waals surface area contributed by atoms with Crippen molar-refractivity contribution in [3.63, 3.8) is 0 Å². The first-order chi connectivity index (χ1) is 12.9. The van der Waals surface area contributed by atoms with E-state index in [1.54, 1.807) is 19.1 Å². The van der Waals surface area contributed by atoms with Crippen LogP contribution in [0.1, 0.15) is 24.1 Å². The molecule has 0 aromatic heterocycles. The fraction of sp³-hybridized carbons (Fsp3) is 0.158. The Labute approximate surface area is 161 Å². The summed E-state index contributed by atoms with van der Waals surface area (Å²) in [5, 5.41) is 20.2. The molecule has 3 rings (SSSR count). The van der Waals surface area contributed by atoms with E-state index < -0.39 is 11.0 Å². The van der Waals surface area contributed by atoms with E-state index >= 15 is 0 Å². The van der Waals surface area contributed by atoms with Crippen molar-refractivity contribution in [3.8, 4) is 0 Å². The summed E-state index contributed by atoms with van der Waals surface area (Å²) in [4.78, 5) is 23.4. The zero-order valence-electron chi connectivity index (χ0n) is 14.8. The first-order valence-electron chi connectivity index (χ1n) is 8.26. The molecule has 1 amide bonds. The van der Waals surface area contributed by atoms with Crippen LogP contribution in [0, 0.1) is 17.0 Å². The molecule has 138 valence electrons. The van der Waals surface area contributed by atoms with E-state index in [4.69, 9.17) is 12.2 Å². The minimum Gasteiger partial charge on any atom is -0.351 e. The number of benzene rings is 2. The molecule has 0 aliphatic carbocycles. The molecule has 1 atom stereocenters.